The number of nitrogens with one attached hydrogen (secondary N) is 1. The summed E-state index contributed by atoms with van der Waals surface area (Å²) < 4.78 is 39.0. The van der Waals surface area contributed by atoms with Crippen molar-refractivity contribution in [3.8, 4) is 0 Å². The van der Waals surface area contributed by atoms with Gasteiger partial charge in [0.2, 0.25) is 10.0 Å². The summed E-state index contributed by atoms with van der Waals surface area (Å²) in [5.41, 5.74) is 1.62. The van der Waals surface area contributed by atoms with Gasteiger partial charge in [0.1, 0.15) is 5.82 Å². The van der Waals surface area contributed by atoms with Gasteiger partial charge in [-0.1, -0.05) is 47.5 Å². The van der Waals surface area contributed by atoms with Gasteiger partial charge in [-0.05, 0) is 24.6 Å². The fourth-order valence-corrected chi connectivity index (χ4v) is 3.53. The van der Waals surface area contributed by atoms with E-state index in [1.165, 1.54) is 16.4 Å². The number of benzene rings is 2. The number of sulfonamides is 1. The highest BCUT2D eigenvalue weighted by atomic mass is 35.5. The third-order valence-electron chi connectivity index (χ3n) is 3.75. The summed E-state index contributed by atoms with van der Waals surface area (Å²) in [5.74, 6) is -1.41. The molecule has 5 nitrogen and oxygen atoms in total. The Bertz CT molecular complexity index is 883. The summed E-state index contributed by atoms with van der Waals surface area (Å²) in [5, 5.41) is 2.51. The van der Waals surface area contributed by atoms with E-state index in [0.29, 0.717) is 0 Å². The van der Waals surface area contributed by atoms with Gasteiger partial charge in [-0.15, -0.1) is 0 Å². The Morgan fingerprint density at radius 1 is 1.23 bits per heavy atom. The summed E-state index contributed by atoms with van der Waals surface area (Å²) in [4.78, 5) is 12.1. The number of hydrogen-bond acceptors (Lipinski definition) is 3. The third kappa shape index (κ3) is 5.52. The first-order valence-electron chi connectivity index (χ1n) is 7.91. The fourth-order valence-electron chi connectivity index (χ4n) is 2.47. The van der Waals surface area contributed by atoms with Crippen LogP contribution in [0.15, 0.2) is 42.5 Å². The van der Waals surface area contributed by atoms with Crippen molar-refractivity contribution in [3.63, 3.8) is 0 Å². The van der Waals surface area contributed by atoms with E-state index >= 15 is 0 Å². The van der Waals surface area contributed by atoms with Crippen LogP contribution in [0.25, 0.3) is 0 Å². The Balaban J connectivity index is 2.03. The highest BCUT2D eigenvalue weighted by Crippen LogP contribution is 2.18. The number of amides is 1. The predicted octanol–water partition coefficient (Wildman–Crippen LogP) is 2.98. The summed E-state index contributed by atoms with van der Waals surface area (Å²) in [6.07, 6.45) is 1.11. The lowest BCUT2D eigenvalue weighted by Crippen LogP contribution is -2.38. The second kappa shape index (κ2) is 8.62. The molecule has 0 aromatic heterocycles. The van der Waals surface area contributed by atoms with Crippen molar-refractivity contribution in [2.24, 2.45) is 0 Å². The Labute approximate surface area is 157 Å². The molecule has 0 heterocycles. The molecule has 0 atom stereocenters. The normalized spacial score (nSPS) is 11.6. The monoisotopic (exact) mass is 398 g/mol. The van der Waals surface area contributed by atoms with Gasteiger partial charge in [-0.25, -0.2) is 12.8 Å². The van der Waals surface area contributed by atoms with Crippen molar-refractivity contribution >= 4 is 27.5 Å². The molecule has 0 unspecified atom stereocenters. The molecule has 8 heteroatoms. The molecule has 0 fully saturated rings. The standard InChI is InChI=1S/C18H20ClFN2O3S/c1-13-5-3-6-14(11-13)12-22(26(2,24)25)10-9-21-18(23)17-15(19)7-4-8-16(17)20/h3-8,11H,9-10,12H2,1-2H3,(H,21,23). The summed E-state index contributed by atoms with van der Waals surface area (Å²) >= 11 is 5.85. The molecule has 2 rings (SSSR count). The van der Waals surface area contributed by atoms with Crippen LogP contribution in [0.4, 0.5) is 4.39 Å². The average molecular weight is 399 g/mol. The van der Waals surface area contributed by atoms with Gasteiger partial charge in [-0.3, -0.25) is 4.79 Å². The van der Waals surface area contributed by atoms with Crippen LogP contribution in [0.2, 0.25) is 5.02 Å². The smallest absolute Gasteiger partial charge is 0.255 e. The van der Waals surface area contributed by atoms with E-state index in [2.05, 4.69) is 5.32 Å². The minimum Gasteiger partial charge on any atom is -0.351 e. The summed E-state index contributed by atoms with van der Waals surface area (Å²) in [7, 11) is -3.47. The molecule has 0 aliphatic carbocycles. The van der Waals surface area contributed by atoms with Crippen molar-refractivity contribution < 1.29 is 17.6 Å². The van der Waals surface area contributed by atoms with Crippen LogP contribution in [0.3, 0.4) is 0 Å². The fraction of sp³-hybridized carbons (Fsp3) is 0.278. The molecule has 140 valence electrons. The lowest BCUT2D eigenvalue weighted by molar-refractivity contribution is 0.0947. The number of halogens is 2. The number of hydrogen-bond donors (Lipinski definition) is 1. The second-order valence-electron chi connectivity index (χ2n) is 5.94. The SMILES string of the molecule is Cc1cccc(CN(CCNC(=O)c2c(F)cccc2Cl)S(C)(=O)=O)c1. The molecule has 2 aromatic carbocycles. The van der Waals surface area contributed by atoms with E-state index in [-0.39, 0.29) is 30.2 Å². The number of rotatable bonds is 7. The number of nitrogens with zero attached hydrogens (tertiary/aromatic N) is 1. The highest BCUT2D eigenvalue weighted by molar-refractivity contribution is 7.88. The number of aryl methyl sites for hydroxylation is 1. The average Bonchev–Trinajstić information content (AvgIpc) is 2.53. The molecule has 0 saturated carbocycles. The molecule has 0 bridgehead atoms. The van der Waals surface area contributed by atoms with Gasteiger partial charge in [0.15, 0.2) is 0 Å². The first-order chi connectivity index (χ1) is 12.2. The molecule has 0 aliphatic heterocycles. The van der Waals surface area contributed by atoms with Gasteiger partial charge >= 0.3 is 0 Å². The van der Waals surface area contributed by atoms with E-state index in [1.54, 1.807) is 0 Å². The van der Waals surface area contributed by atoms with Crippen LogP contribution in [0.1, 0.15) is 21.5 Å². The van der Waals surface area contributed by atoms with Crippen molar-refractivity contribution in [1.82, 2.24) is 9.62 Å². The lowest BCUT2D eigenvalue weighted by atomic mass is 10.1. The van der Waals surface area contributed by atoms with E-state index in [4.69, 9.17) is 11.6 Å². The lowest BCUT2D eigenvalue weighted by Gasteiger charge is -2.20. The maximum Gasteiger partial charge on any atom is 0.255 e. The maximum absolute atomic E-state index is 13.7. The Hall–Kier alpha value is -1.96. The largest absolute Gasteiger partial charge is 0.351 e. The Morgan fingerprint density at radius 3 is 2.54 bits per heavy atom. The van der Waals surface area contributed by atoms with Crippen molar-refractivity contribution in [2.45, 2.75) is 13.5 Å². The molecular formula is C18H20ClFN2O3S. The zero-order valence-corrected chi connectivity index (χ0v) is 16.1. The molecule has 1 N–H and O–H groups in total. The maximum atomic E-state index is 13.7. The van der Waals surface area contributed by atoms with Crippen molar-refractivity contribution in [2.75, 3.05) is 19.3 Å². The number of carbonyl (C=O) groups is 1. The quantitative estimate of drug-likeness (QED) is 0.779. The Morgan fingerprint density at radius 2 is 1.92 bits per heavy atom. The summed E-state index contributed by atoms with van der Waals surface area (Å²) in [6.45, 7) is 2.20. The molecule has 0 radical (unpaired) electrons. The molecule has 26 heavy (non-hydrogen) atoms. The molecule has 2 aromatic rings. The van der Waals surface area contributed by atoms with Gasteiger partial charge in [0, 0.05) is 19.6 Å². The second-order valence-corrected chi connectivity index (χ2v) is 8.33. The Kier molecular flexibility index (Phi) is 6.75. The first kappa shape index (κ1) is 20.4. The van der Waals surface area contributed by atoms with E-state index < -0.39 is 21.7 Å². The van der Waals surface area contributed by atoms with Crippen LogP contribution in [-0.2, 0) is 16.6 Å². The molecular weight excluding hydrogens is 379 g/mol. The first-order valence-corrected chi connectivity index (χ1v) is 10.1. The zero-order valence-electron chi connectivity index (χ0n) is 14.5. The van der Waals surface area contributed by atoms with Crippen LogP contribution >= 0.6 is 11.6 Å². The van der Waals surface area contributed by atoms with Crippen LogP contribution < -0.4 is 5.32 Å². The van der Waals surface area contributed by atoms with E-state index in [1.807, 2.05) is 31.2 Å². The van der Waals surface area contributed by atoms with Crippen molar-refractivity contribution in [1.29, 1.82) is 0 Å². The van der Waals surface area contributed by atoms with Gasteiger partial charge in [0.05, 0.1) is 16.8 Å². The van der Waals surface area contributed by atoms with Gasteiger partial charge in [-0.2, -0.15) is 4.31 Å². The molecule has 1 amide bonds. The highest BCUT2D eigenvalue weighted by Gasteiger charge is 2.19. The van der Waals surface area contributed by atoms with Gasteiger partial charge in [0.25, 0.3) is 5.91 Å². The molecule has 0 aliphatic rings. The van der Waals surface area contributed by atoms with Crippen molar-refractivity contribution in [3.05, 3.63) is 70.0 Å². The minimum atomic E-state index is -3.47. The van der Waals surface area contributed by atoms with E-state index in [9.17, 15) is 17.6 Å². The third-order valence-corrected chi connectivity index (χ3v) is 5.31. The van der Waals surface area contributed by atoms with Crippen LogP contribution in [-0.4, -0.2) is 38.0 Å². The van der Waals surface area contributed by atoms with Crippen LogP contribution in [0, 0.1) is 12.7 Å². The topological polar surface area (TPSA) is 66.5 Å². The molecule has 0 spiro atoms. The minimum absolute atomic E-state index is 0.00206. The van der Waals surface area contributed by atoms with Crippen LogP contribution in [0.5, 0.6) is 0 Å². The van der Waals surface area contributed by atoms with Gasteiger partial charge < -0.3 is 5.32 Å². The summed E-state index contributed by atoms with van der Waals surface area (Å²) in [6, 6.07) is 11.5. The predicted molar refractivity (Wildman–Crippen MR) is 100 cm³/mol. The number of carbonyl (C=O) groups excluding carboxylic acids is 1. The zero-order chi connectivity index (χ0) is 19.3. The molecule has 0 saturated heterocycles. The van der Waals surface area contributed by atoms with E-state index in [0.717, 1.165) is 23.4 Å².